The Bertz CT molecular complexity index is 586. The maximum Gasteiger partial charge on any atom is 0.266 e. The van der Waals surface area contributed by atoms with Crippen LogP contribution in [0.2, 0.25) is 5.02 Å². The van der Waals surface area contributed by atoms with Gasteiger partial charge in [-0.3, -0.25) is 9.59 Å². The molecule has 1 aromatic rings. The number of hydrogen-bond acceptors (Lipinski definition) is 3. The van der Waals surface area contributed by atoms with Gasteiger partial charge in [0, 0.05) is 30.7 Å². The third kappa shape index (κ3) is 2.15. The van der Waals surface area contributed by atoms with Crippen molar-refractivity contribution in [2.45, 2.75) is 31.9 Å². The van der Waals surface area contributed by atoms with Crippen molar-refractivity contribution in [3.05, 3.63) is 33.2 Å². The van der Waals surface area contributed by atoms with Gasteiger partial charge in [0.2, 0.25) is 0 Å². The van der Waals surface area contributed by atoms with E-state index in [0.717, 1.165) is 19.4 Å². The van der Waals surface area contributed by atoms with Crippen molar-refractivity contribution in [3.63, 3.8) is 0 Å². The van der Waals surface area contributed by atoms with Crippen molar-refractivity contribution in [1.82, 2.24) is 10.3 Å². The number of aromatic amines is 1. The number of halogens is 1. The van der Waals surface area contributed by atoms with Gasteiger partial charge in [-0.25, -0.2) is 0 Å². The van der Waals surface area contributed by atoms with E-state index in [0.29, 0.717) is 23.5 Å². The van der Waals surface area contributed by atoms with Gasteiger partial charge < -0.3 is 15.0 Å². The van der Waals surface area contributed by atoms with Crippen molar-refractivity contribution in [1.29, 1.82) is 0 Å². The number of amides is 1. The summed E-state index contributed by atoms with van der Waals surface area (Å²) >= 11 is 5.74. The van der Waals surface area contributed by atoms with Gasteiger partial charge in [0.15, 0.2) is 0 Å². The summed E-state index contributed by atoms with van der Waals surface area (Å²) in [6, 6.07) is 1.56. The van der Waals surface area contributed by atoms with Crippen LogP contribution in [0.3, 0.4) is 0 Å². The Morgan fingerprint density at radius 2 is 2.40 bits per heavy atom. The van der Waals surface area contributed by atoms with Crippen LogP contribution in [0.5, 0.6) is 0 Å². The Morgan fingerprint density at radius 1 is 1.60 bits per heavy atom. The summed E-state index contributed by atoms with van der Waals surface area (Å²) < 4.78 is 5.69. The Kier molecular flexibility index (Phi) is 3.56. The number of aromatic nitrogens is 1. The van der Waals surface area contributed by atoms with Crippen LogP contribution in [0.25, 0.3) is 0 Å². The van der Waals surface area contributed by atoms with E-state index in [-0.39, 0.29) is 22.5 Å². The van der Waals surface area contributed by atoms with Crippen molar-refractivity contribution < 1.29 is 9.53 Å². The molecule has 6 heteroatoms. The molecule has 1 aliphatic carbocycles. The molecule has 2 heterocycles. The standard InChI is InChI=1S/C14H17ClN2O3/c1-2-8-11(9-3-4-20-12(8)9)17-13(18)7-5-10(15)14(19)16-6-7/h5-6,8-9,11-12H,2-4H2,1H3,(H,16,19)(H,17,18)/t8-,9+,11-,12-/m0/s1. The summed E-state index contributed by atoms with van der Waals surface area (Å²) in [5.74, 6) is 0.601. The summed E-state index contributed by atoms with van der Waals surface area (Å²) in [6.45, 7) is 2.89. The summed E-state index contributed by atoms with van der Waals surface area (Å²) in [5, 5.41) is 3.08. The molecule has 5 nitrogen and oxygen atoms in total. The molecule has 2 aliphatic rings. The number of fused-ring (bicyclic) bond motifs is 1. The van der Waals surface area contributed by atoms with Crippen LogP contribution < -0.4 is 10.9 Å². The number of ether oxygens (including phenoxy) is 1. The van der Waals surface area contributed by atoms with E-state index in [1.807, 2.05) is 0 Å². The molecule has 1 saturated heterocycles. The number of carbonyl (C=O) groups excluding carboxylic acids is 1. The van der Waals surface area contributed by atoms with Crippen molar-refractivity contribution >= 4 is 17.5 Å². The zero-order valence-corrected chi connectivity index (χ0v) is 11.9. The van der Waals surface area contributed by atoms with Crippen LogP contribution in [0.15, 0.2) is 17.1 Å². The fourth-order valence-electron chi connectivity index (χ4n) is 3.35. The summed E-state index contributed by atoms with van der Waals surface area (Å²) in [7, 11) is 0. The van der Waals surface area contributed by atoms with E-state index in [1.54, 1.807) is 0 Å². The average molecular weight is 297 g/mol. The minimum Gasteiger partial charge on any atom is -0.377 e. The highest BCUT2D eigenvalue weighted by atomic mass is 35.5. The smallest absolute Gasteiger partial charge is 0.266 e. The van der Waals surface area contributed by atoms with Crippen molar-refractivity contribution in [2.24, 2.45) is 11.8 Å². The first kappa shape index (κ1) is 13.6. The second kappa shape index (κ2) is 5.22. The SMILES string of the molecule is CC[C@H]1[C@H](NC(=O)c2c[nH]c(=O)c(Cl)c2)[C@H]2CCO[C@H]21. The van der Waals surface area contributed by atoms with Gasteiger partial charge >= 0.3 is 0 Å². The molecule has 1 aliphatic heterocycles. The molecule has 0 radical (unpaired) electrons. The van der Waals surface area contributed by atoms with Crippen molar-refractivity contribution in [2.75, 3.05) is 6.61 Å². The molecule has 0 aromatic carbocycles. The number of nitrogens with one attached hydrogen (secondary N) is 2. The number of carbonyl (C=O) groups is 1. The lowest BCUT2D eigenvalue weighted by Gasteiger charge is -2.47. The van der Waals surface area contributed by atoms with Gasteiger partial charge in [-0.05, 0) is 18.9 Å². The first-order valence-electron chi connectivity index (χ1n) is 6.92. The van der Waals surface area contributed by atoms with Crippen LogP contribution in [0, 0.1) is 11.8 Å². The molecule has 20 heavy (non-hydrogen) atoms. The molecular weight excluding hydrogens is 280 g/mol. The molecule has 2 fully saturated rings. The highest BCUT2D eigenvalue weighted by Crippen LogP contribution is 2.45. The maximum absolute atomic E-state index is 12.2. The first-order chi connectivity index (χ1) is 9.61. The molecular formula is C14H17ClN2O3. The average Bonchev–Trinajstić information content (AvgIpc) is 2.84. The predicted octanol–water partition coefficient (Wildman–Crippen LogP) is 1.57. The summed E-state index contributed by atoms with van der Waals surface area (Å²) in [5.41, 5.74) is -0.00521. The van der Waals surface area contributed by atoms with Gasteiger partial charge in [0.05, 0.1) is 11.7 Å². The van der Waals surface area contributed by atoms with E-state index in [2.05, 4.69) is 17.2 Å². The largest absolute Gasteiger partial charge is 0.377 e. The minimum atomic E-state index is -0.387. The van der Waals surface area contributed by atoms with Crippen LogP contribution in [0.1, 0.15) is 30.1 Å². The molecule has 4 atom stereocenters. The zero-order chi connectivity index (χ0) is 14.3. The molecule has 0 spiro atoms. The van der Waals surface area contributed by atoms with Gasteiger partial charge in [-0.2, -0.15) is 0 Å². The highest BCUT2D eigenvalue weighted by molar-refractivity contribution is 6.30. The number of H-pyrrole nitrogens is 1. The molecule has 0 bridgehead atoms. The monoisotopic (exact) mass is 296 g/mol. The topological polar surface area (TPSA) is 71.2 Å². The van der Waals surface area contributed by atoms with E-state index < -0.39 is 0 Å². The van der Waals surface area contributed by atoms with Gasteiger partial charge in [0.25, 0.3) is 11.5 Å². The van der Waals surface area contributed by atoms with Crippen LogP contribution in [-0.4, -0.2) is 29.6 Å². The third-order valence-corrected chi connectivity index (χ3v) is 4.70. The second-order valence-electron chi connectivity index (χ2n) is 5.42. The molecule has 3 rings (SSSR count). The Hall–Kier alpha value is -1.33. The quantitative estimate of drug-likeness (QED) is 0.889. The lowest BCUT2D eigenvalue weighted by molar-refractivity contribution is -0.0545. The molecule has 0 unspecified atom stereocenters. The Morgan fingerprint density at radius 3 is 3.10 bits per heavy atom. The highest BCUT2D eigenvalue weighted by Gasteiger charge is 2.53. The molecule has 1 aromatic heterocycles. The molecule has 2 N–H and O–H groups in total. The summed E-state index contributed by atoms with van der Waals surface area (Å²) in [4.78, 5) is 25.9. The molecule has 1 saturated carbocycles. The predicted molar refractivity (Wildman–Crippen MR) is 75.0 cm³/mol. The zero-order valence-electron chi connectivity index (χ0n) is 11.2. The maximum atomic E-state index is 12.2. The fourth-order valence-corrected chi connectivity index (χ4v) is 3.52. The van der Waals surface area contributed by atoms with Gasteiger partial charge in [-0.1, -0.05) is 18.5 Å². The van der Waals surface area contributed by atoms with Crippen molar-refractivity contribution in [3.8, 4) is 0 Å². The number of pyridine rings is 1. The normalized spacial score (nSPS) is 31.5. The number of hydrogen-bond donors (Lipinski definition) is 2. The molecule has 1 amide bonds. The lowest BCUT2D eigenvalue weighted by Crippen LogP contribution is -2.61. The van der Waals surface area contributed by atoms with Gasteiger partial charge in [0.1, 0.15) is 5.02 Å². The van der Waals surface area contributed by atoms with E-state index >= 15 is 0 Å². The van der Waals surface area contributed by atoms with Crippen LogP contribution in [0.4, 0.5) is 0 Å². The third-order valence-electron chi connectivity index (χ3n) is 4.42. The molecule has 108 valence electrons. The van der Waals surface area contributed by atoms with Crippen LogP contribution >= 0.6 is 11.6 Å². The van der Waals surface area contributed by atoms with Crippen LogP contribution in [-0.2, 0) is 4.74 Å². The fraction of sp³-hybridized carbons (Fsp3) is 0.571. The lowest BCUT2D eigenvalue weighted by atomic mass is 9.65. The van der Waals surface area contributed by atoms with E-state index in [9.17, 15) is 9.59 Å². The second-order valence-corrected chi connectivity index (χ2v) is 5.83. The van der Waals surface area contributed by atoms with Gasteiger partial charge in [-0.15, -0.1) is 0 Å². The minimum absolute atomic E-state index is 0.0281. The Labute approximate surface area is 121 Å². The Balaban J connectivity index is 1.72. The first-order valence-corrected chi connectivity index (χ1v) is 7.30. The summed E-state index contributed by atoms with van der Waals surface area (Å²) in [6.07, 6.45) is 3.67. The van der Waals surface area contributed by atoms with E-state index in [4.69, 9.17) is 16.3 Å². The number of rotatable bonds is 3. The van der Waals surface area contributed by atoms with E-state index in [1.165, 1.54) is 12.3 Å².